The Morgan fingerprint density at radius 3 is 2.64 bits per heavy atom. The van der Waals surface area contributed by atoms with E-state index in [1.807, 2.05) is 25.1 Å². The molecule has 33 heavy (non-hydrogen) atoms. The normalized spacial score (nSPS) is 18.3. The summed E-state index contributed by atoms with van der Waals surface area (Å²) in [5, 5.41) is 3.27. The molecule has 4 heterocycles. The number of methoxy groups -OCH3 is 2. The van der Waals surface area contributed by atoms with Gasteiger partial charge in [0.1, 0.15) is 12.1 Å². The standard InChI is InChI=1S/C23H22N4O5S/c1-12(2)13-5-6-14-15(9-13)32-23(7-8-31-10-23)18-17(14)26-22(33-18)27-19(28)16-20(29-3)24-11-25-21(16)30-4/h5-6,9,11H,1,7-8,10H2,2-4H3,(H,26,27,28). The summed E-state index contributed by atoms with van der Waals surface area (Å²) < 4.78 is 22.7. The molecule has 1 spiro atoms. The summed E-state index contributed by atoms with van der Waals surface area (Å²) >= 11 is 1.37. The van der Waals surface area contributed by atoms with Crippen LogP contribution in [0.3, 0.4) is 0 Å². The topological polar surface area (TPSA) is 105 Å². The van der Waals surface area contributed by atoms with E-state index in [2.05, 4.69) is 21.9 Å². The third kappa shape index (κ3) is 3.51. The zero-order valence-corrected chi connectivity index (χ0v) is 19.2. The summed E-state index contributed by atoms with van der Waals surface area (Å²) in [4.78, 5) is 26.8. The second-order valence-corrected chi connectivity index (χ2v) is 8.81. The molecule has 1 unspecified atom stereocenters. The first kappa shape index (κ1) is 21.4. The van der Waals surface area contributed by atoms with E-state index >= 15 is 0 Å². The van der Waals surface area contributed by atoms with Crippen molar-refractivity contribution in [3.8, 4) is 28.8 Å². The second-order valence-electron chi connectivity index (χ2n) is 7.81. The third-order valence-corrected chi connectivity index (χ3v) is 6.83. The number of amides is 1. The molecule has 1 saturated heterocycles. The summed E-state index contributed by atoms with van der Waals surface area (Å²) in [6.07, 6.45) is 1.97. The Labute approximate surface area is 194 Å². The lowest BCUT2D eigenvalue weighted by molar-refractivity contribution is 0.0484. The van der Waals surface area contributed by atoms with Crippen LogP contribution in [0.5, 0.6) is 17.5 Å². The quantitative estimate of drug-likeness (QED) is 0.604. The number of carbonyl (C=O) groups excluding carboxylic acids is 1. The minimum atomic E-state index is -0.637. The lowest BCUT2D eigenvalue weighted by atomic mass is 9.92. The molecule has 10 heteroatoms. The van der Waals surface area contributed by atoms with Crippen molar-refractivity contribution in [2.24, 2.45) is 0 Å². The predicted molar refractivity (Wildman–Crippen MR) is 123 cm³/mol. The van der Waals surface area contributed by atoms with Crippen LogP contribution in [0.25, 0.3) is 16.8 Å². The summed E-state index contributed by atoms with van der Waals surface area (Å²) in [6.45, 7) is 6.99. The average molecular weight is 467 g/mol. The molecule has 170 valence electrons. The number of benzene rings is 1. The van der Waals surface area contributed by atoms with Gasteiger partial charge < -0.3 is 18.9 Å². The van der Waals surface area contributed by atoms with Crippen LogP contribution < -0.4 is 19.5 Å². The van der Waals surface area contributed by atoms with Gasteiger partial charge in [-0.1, -0.05) is 29.6 Å². The van der Waals surface area contributed by atoms with E-state index in [1.54, 1.807) is 0 Å². The third-order valence-electron chi connectivity index (χ3n) is 5.67. The van der Waals surface area contributed by atoms with Crippen LogP contribution in [0, 0.1) is 0 Å². The molecule has 0 saturated carbocycles. The lowest BCUT2D eigenvalue weighted by Crippen LogP contribution is -2.35. The number of rotatable bonds is 5. The van der Waals surface area contributed by atoms with E-state index in [9.17, 15) is 4.79 Å². The van der Waals surface area contributed by atoms with Crippen LogP contribution in [0.15, 0.2) is 31.1 Å². The number of thiazole rings is 1. The molecule has 1 fully saturated rings. The van der Waals surface area contributed by atoms with E-state index in [0.717, 1.165) is 33.0 Å². The van der Waals surface area contributed by atoms with Crippen LogP contribution in [-0.2, 0) is 10.3 Å². The highest BCUT2D eigenvalue weighted by Gasteiger charge is 2.47. The summed E-state index contributed by atoms with van der Waals surface area (Å²) in [7, 11) is 2.86. The molecular weight excluding hydrogens is 444 g/mol. The molecule has 0 aliphatic carbocycles. The molecule has 0 radical (unpaired) electrons. The van der Waals surface area contributed by atoms with Crippen molar-refractivity contribution in [3.05, 3.63) is 47.1 Å². The number of anilines is 1. The maximum absolute atomic E-state index is 13.1. The van der Waals surface area contributed by atoms with Gasteiger partial charge in [-0.2, -0.15) is 0 Å². The van der Waals surface area contributed by atoms with Crippen molar-refractivity contribution in [3.63, 3.8) is 0 Å². The van der Waals surface area contributed by atoms with Gasteiger partial charge in [-0.15, -0.1) is 0 Å². The van der Waals surface area contributed by atoms with Crippen molar-refractivity contribution < 1.29 is 23.7 Å². The fourth-order valence-corrected chi connectivity index (χ4v) is 5.13. The molecule has 1 atom stereocenters. The number of nitrogens with zero attached hydrogens (tertiary/aromatic N) is 3. The smallest absolute Gasteiger partial charge is 0.268 e. The van der Waals surface area contributed by atoms with E-state index < -0.39 is 11.5 Å². The average Bonchev–Trinajstić information content (AvgIpc) is 3.46. The van der Waals surface area contributed by atoms with E-state index in [0.29, 0.717) is 24.8 Å². The molecule has 1 amide bonds. The van der Waals surface area contributed by atoms with Crippen molar-refractivity contribution >= 4 is 27.9 Å². The van der Waals surface area contributed by atoms with E-state index in [-0.39, 0.29) is 17.3 Å². The van der Waals surface area contributed by atoms with Crippen LogP contribution in [0.2, 0.25) is 0 Å². The SMILES string of the molecule is C=C(C)c1ccc2c(c1)OC1(CCOC1)c1sc(NC(=O)c3c(OC)ncnc3OC)nc1-2. The first-order chi connectivity index (χ1) is 16.0. The van der Waals surface area contributed by atoms with Crippen LogP contribution in [0.4, 0.5) is 5.13 Å². The van der Waals surface area contributed by atoms with E-state index in [4.69, 9.17) is 23.9 Å². The number of ether oxygens (including phenoxy) is 4. The molecule has 5 rings (SSSR count). The van der Waals surface area contributed by atoms with Crippen molar-refractivity contribution in [1.82, 2.24) is 15.0 Å². The summed E-state index contributed by atoms with van der Waals surface area (Å²) in [5.41, 5.74) is 3.04. The Hall–Kier alpha value is -3.50. The number of carbonyl (C=O) groups is 1. The minimum Gasteiger partial charge on any atom is -0.480 e. The van der Waals surface area contributed by atoms with Gasteiger partial charge >= 0.3 is 0 Å². The highest BCUT2D eigenvalue weighted by Crippen LogP contribution is 2.52. The number of hydrogen-bond acceptors (Lipinski definition) is 9. The molecule has 2 aliphatic heterocycles. The number of allylic oxidation sites excluding steroid dienone is 1. The first-order valence-electron chi connectivity index (χ1n) is 10.3. The van der Waals surface area contributed by atoms with Crippen molar-refractivity contribution in [2.45, 2.75) is 18.9 Å². The minimum absolute atomic E-state index is 0.0948. The number of aromatic nitrogens is 3. The monoisotopic (exact) mass is 466 g/mol. The molecule has 2 aliphatic rings. The molecule has 3 aromatic rings. The Morgan fingerprint density at radius 2 is 2.00 bits per heavy atom. The number of nitrogens with one attached hydrogen (secondary N) is 1. The van der Waals surface area contributed by atoms with Gasteiger partial charge in [-0.05, 0) is 24.6 Å². The van der Waals surface area contributed by atoms with E-state index in [1.165, 1.54) is 31.9 Å². The van der Waals surface area contributed by atoms with Crippen LogP contribution >= 0.6 is 11.3 Å². The van der Waals surface area contributed by atoms with Gasteiger partial charge in [0.2, 0.25) is 11.8 Å². The number of fused-ring (bicyclic) bond motifs is 4. The highest BCUT2D eigenvalue weighted by atomic mass is 32.1. The number of hydrogen-bond donors (Lipinski definition) is 1. The van der Waals surface area contributed by atoms with Crippen molar-refractivity contribution in [2.75, 3.05) is 32.8 Å². The summed E-state index contributed by atoms with van der Waals surface area (Å²) in [6, 6.07) is 5.95. The predicted octanol–water partition coefficient (Wildman–Crippen LogP) is 3.91. The Balaban J connectivity index is 1.56. The maximum Gasteiger partial charge on any atom is 0.268 e. The van der Waals surface area contributed by atoms with Crippen LogP contribution in [0.1, 0.15) is 34.1 Å². The Morgan fingerprint density at radius 1 is 1.24 bits per heavy atom. The van der Waals surface area contributed by atoms with Gasteiger partial charge in [0.15, 0.2) is 16.3 Å². The zero-order chi connectivity index (χ0) is 23.2. The van der Waals surface area contributed by atoms with Gasteiger partial charge in [0.25, 0.3) is 5.91 Å². The molecule has 1 N–H and O–H groups in total. The molecule has 0 bridgehead atoms. The van der Waals surface area contributed by atoms with Crippen molar-refractivity contribution in [1.29, 1.82) is 0 Å². The molecule has 2 aromatic heterocycles. The Kier molecular flexibility index (Phi) is 5.26. The highest BCUT2D eigenvalue weighted by molar-refractivity contribution is 7.16. The van der Waals surface area contributed by atoms with Crippen LogP contribution in [-0.4, -0.2) is 48.3 Å². The molecule has 9 nitrogen and oxygen atoms in total. The fourth-order valence-electron chi connectivity index (χ4n) is 4.01. The van der Waals surface area contributed by atoms with Gasteiger partial charge in [0.05, 0.1) is 38.0 Å². The summed E-state index contributed by atoms with van der Waals surface area (Å²) in [5.74, 6) is 0.479. The second kappa shape index (κ2) is 8.13. The zero-order valence-electron chi connectivity index (χ0n) is 18.4. The lowest BCUT2D eigenvalue weighted by Gasteiger charge is -2.33. The van der Waals surface area contributed by atoms with Gasteiger partial charge in [-0.3, -0.25) is 10.1 Å². The molecular formula is C23H22N4O5S. The maximum atomic E-state index is 13.1. The van der Waals surface area contributed by atoms with Gasteiger partial charge in [0, 0.05) is 12.0 Å². The fraction of sp³-hybridized carbons (Fsp3) is 0.304. The first-order valence-corrected chi connectivity index (χ1v) is 11.1. The van der Waals surface area contributed by atoms with Gasteiger partial charge in [-0.25, -0.2) is 15.0 Å². The largest absolute Gasteiger partial charge is 0.480 e. The Bertz CT molecular complexity index is 1240. The molecule has 1 aromatic carbocycles.